The summed E-state index contributed by atoms with van der Waals surface area (Å²) in [7, 11) is 1.47. The van der Waals surface area contributed by atoms with E-state index in [1.54, 1.807) is 30.0 Å². The van der Waals surface area contributed by atoms with E-state index < -0.39 is 5.97 Å². The van der Waals surface area contributed by atoms with Gasteiger partial charge in [-0.05, 0) is 44.5 Å². The number of amides is 1. The molecule has 0 unspecified atom stereocenters. The number of hydrogen-bond donors (Lipinski definition) is 0. The van der Waals surface area contributed by atoms with Crippen LogP contribution in [0.25, 0.3) is 6.08 Å². The number of rotatable bonds is 9. The van der Waals surface area contributed by atoms with E-state index in [9.17, 15) is 9.59 Å². The molecule has 1 aromatic rings. The second kappa shape index (κ2) is 10.8. The van der Waals surface area contributed by atoms with Crippen molar-refractivity contribution < 1.29 is 23.8 Å². The van der Waals surface area contributed by atoms with Gasteiger partial charge in [0, 0.05) is 13.1 Å². The van der Waals surface area contributed by atoms with Gasteiger partial charge < -0.3 is 19.1 Å². The minimum Gasteiger partial charge on any atom is -0.493 e. The molecule has 0 spiro atoms. The van der Waals surface area contributed by atoms with Crippen LogP contribution in [-0.4, -0.2) is 50.2 Å². The van der Waals surface area contributed by atoms with Crippen molar-refractivity contribution in [1.82, 2.24) is 4.90 Å². The topological polar surface area (TPSA) is 88.9 Å². The van der Waals surface area contributed by atoms with Crippen molar-refractivity contribution in [3.05, 3.63) is 29.3 Å². The van der Waals surface area contributed by atoms with Crippen LogP contribution >= 0.6 is 0 Å². The van der Waals surface area contributed by atoms with Gasteiger partial charge in [0.25, 0.3) is 5.91 Å². The first-order chi connectivity index (χ1) is 12.5. The molecule has 0 aromatic heterocycles. The van der Waals surface area contributed by atoms with Crippen molar-refractivity contribution in [2.24, 2.45) is 0 Å². The van der Waals surface area contributed by atoms with Gasteiger partial charge in [-0.15, -0.1) is 0 Å². The van der Waals surface area contributed by atoms with Crippen LogP contribution in [0.3, 0.4) is 0 Å². The fourth-order valence-corrected chi connectivity index (χ4v) is 2.21. The lowest BCUT2D eigenvalue weighted by atomic mass is 10.1. The average Bonchev–Trinajstić information content (AvgIpc) is 2.65. The summed E-state index contributed by atoms with van der Waals surface area (Å²) in [4.78, 5) is 25.4. The van der Waals surface area contributed by atoms with Gasteiger partial charge in [0.15, 0.2) is 18.1 Å². The maximum atomic E-state index is 12.0. The van der Waals surface area contributed by atoms with Crippen molar-refractivity contribution in [3.63, 3.8) is 0 Å². The smallest absolute Gasteiger partial charge is 0.348 e. The predicted octanol–water partition coefficient (Wildman–Crippen LogP) is 2.41. The van der Waals surface area contributed by atoms with Crippen molar-refractivity contribution in [2.45, 2.75) is 20.8 Å². The number of likely N-dealkylation sites (N-methyl/N-ethyl adjacent to an activating group) is 1. The Labute approximate surface area is 153 Å². The Morgan fingerprint density at radius 3 is 2.42 bits per heavy atom. The molecule has 1 aromatic carbocycles. The van der Waals surface area contributed by atoms with Crippen molar-refractivity contribution in [3.8, 4) is 17.6 Å². The zero-order valence-electron chi connectivity index (χ0n) is 15.6. The van der Waals surface area contributed by atoms with Gasteiger partial charge in [0.2, 0.25) is 0 Å². The first-order valence-electron chi connectivity index (χ1n) is 8.38. The monoisotopic (exact) mass is 360 g/mol. The number of hydrogen-bond acceptors (Lipinski definition) is 6. The first-order valence-corrected chi connectivity index (χ1v) is 8.38. The summed E-state index contributed by atoms with van der Waals surface area (Å²) in [6, 6.07) is 6.72. The van der Waals surface area contributed by atoms with E-state index in [1.165, 1.54) is 13.2 Å². The van der Waals surface area contributed by atoms with Gasteiger partial charge >= 0.3 is 5.97 Å². The summed E-state index contributed by atoms with van der Waals surface area (Å²) < 4.78 is 15.7. The summed E-state index contributed by atoms with van der Waals surface area (Å²) in [6.07, 6.45) is 1.41. The second-order valence-corrected chi connectivity index (χ2v) is 5.16. The molecule has 0 radical (unpaired) electrons. The summed E-state index contributed by atoms with van der Waals surface area (Å²) in [5, 5.41) is 9.09. The Hall–Kier alpha value is -3.01. The Morgan fingerprint density at radius 1 is 1.19 bits per heavy atom. The molecule has 0 saturated carbocycles. The van der Waals surface area contributed by atoms with Crippen molar-refractivity contribution in [1.29, 1.82) is 5.26 Å². The molecular weight excluding hydrogens is 336 g/mol. The van der Waals surface area contributed by atoms with Crippen LogP contribution in [0.15, 0.2) is 23.8 Å². The largest absolute Gasteiger partial charge is 0.493 e. The minimum atomic E-state index is -0.681. The fourth-order valence-electron chi connectivity index (χ4n) is 2.21. The molecular formula is C19H24N2O5. The number of esters is 1. The highest BCUT2D eigenvalue weighted by atomic mass is 16.5. The number of ether oxygens (including phenoxy) is 3. The molecule has 0 bridgehead atoms. The molecule has 140 valence electrons. The van der Waals surface area contributed by atoms with E-state index >= 15 is 0 Å². The number of carbonyl (C=O) groups is 2. The summed E-state index contributed by atoms with van der Waals surface area (Å²) >= 11 is 0. The van der Waals surface area contributed by atoms with E-state index in [1.807, 2.05) is 19.9 Å². The SMILES string of the molecule is CCOC(=O)/C(C#N)=C/c1ccc(OCC(=O)N(CC)CC)c(OC)c1. The molecule has 0 fully saturated rings. The Kier molecular flexibility index (Phi) is 8.71. The van der Waals surface area contributed by atoms with E-state index in [4.69, 9.17) is 19.5 Å². The number of nitriles is 1. The second-order valence-electron chi connectivity index (χ2n) is 5.16. The van der Waals surface area contributed by atoms with Crippen LogP contribution in [0, 0.1) is 11.3 Å². The molecule has 1 rings (SSSR count). The van der Waals surface area contributed by atoms with Crippen LogP contribution in [-0.2, 0) is 14.3 Å². The molecule has 0 heterocycles. The molecule has 1 amide bonds. The van der Waals surface area contributed by atoms with E-state index in [0.29, 0.717) is 30.2 Å². The molecule has 0 atom stereocenters. The van der Waals surface area contributed by atoms with Gasteiger partial charge in [0.05, 0.1) is 13.7 Å². The van der Waals surface area contributed by atoms with Crippen LogP contribution in [0.2, 0.25) is 0 Å². The van der Waals surface area contributed by atoms with Gasteiger partial charge in [-0.3, -0.25) is 4.79 Å². The Bertz CT molecular complexity index is 702. The first kappa shape index (κ1) is 21.0. The van der Waals surface area contributed by atoms with E-state index in [-0.39, 0.29) is 24.7 Å². The van der Waals surface area contributed by atoms with Gasteiger partial charge in [0.1, 0.15) is 11.6 Å². The molecule has 0 aliphatic rings. The molecule has 0 aliphatic carbocycles. The normalized spacial score (nSPS) is 10.7. The maximum Gasteiger partial charge on any atom is 0.348 e. The van der Waals surface area contributed by atoms with E-state index in [2.05, 4.69) is 0 Å². The average molecular weight is 360 g/mol. The van der Waals surface area contributed by atoms with Crippen LogP contribution < -0.4 is 9.47 Å². The number of nitrogens with zero attached hydrogens (tertiary/aromatic N) is 2. The van der Waals surface area contributed by atoms with Gasteiger partial charge in [-0.25, -0.2) is 4.79 Å². The zero-order valence-corrected chi connectivity index (χ0v) is 15.6. The predicted molar refractivity (Wildman–Crippen MR) is 96.6 cm³/mol. The zero-order chi connectivity index (χ0) is 19.5. The highest BCUT2D eigenvalue weighted by Crippen LogP contribution is 2.29. The number of benzene rings is 1. The molecule has 7 heteroatoms. The van der Waals surface area contributed by atoms with Crippen LogP contribution in [0.5, 0.6) is 11.5 Å². The molecule has 0 aliphatic heterocycles. The molecule has 7 nitrogen and oxygen atoms in total. The third-order valence-corrected chi connectivity index (χ3v) is 3.58. The third-order valence-electron chi connectivity index (χ3n) is 3.58. The van der Waals surface area contributed by atoms with Crippen LogP contribution in [0.4, 0.5) is 0 Å². The third kappa shape index (κ3) is 5.81. The maximum absolute atomic E-state index is 12.0. The highest BCUT2D eigenvalue weighted by molar-refractivity contribution is 5.97. The molecule has 26 heavy (non-hydrogen) atoms. The Morgan fingerprint density at radius 2 is 1.88 bits per heavy atom. The highest BCUT2D eigenvalue weighted by Gasteiger charge is 2.14. The minimum absolute atomic E-state index is 0.0977. The Balaban J connectivity index is 2.95. The number of methoxy groups -OCH3 is 1. The number of carbonyl (C=O) groups excluding carboxylic acids is 2. The summed E-state index contributed by atoms with van der Waals surface area (Å²) in [5.74, 6) is 0.00117. The van der Waals surface area contributed by atoms with Gasteiger partial charge in [-0.2, -0.15) is 5.26 Å². The standard InChI is InChI=1S/C19H24N2O5/c1-5-21(6-2)18(22)13-26-16-9-8-14(11-17(16)24-4)10-15(12-20)19(23)25-7-3/h8-11H,5-7,13H2,1-4H3/b15-10+. The quantitative estimate of drug-likeness (QED) is 0.382. The van der Waals surface area contributed by atoms with Gasteiger partial charge in [-0.1, -0.05) is 6.07 Å². The van der Waals surface area contributed by atoms with Crippen LogP contribution in [0.1, 0.15) is 26.3 Å². The molecule has 0 saturated heterocycles. The lowest BCUT2D eigenvalue weighted by Gasteiger charge is -2.19. The van der Waals surface area contributed by atoms with Crippen molar-refractivity contribution >= 4 is 18.0 Å². The fraction of sp³-hybridized carbons (Fsp3) is 0.421. The van der Waals surface area contributed by atoms with E-state index in [0.717, 1.165) is 0 Å². The summed E-state index contributed by atoms with van der Waals surface area (Å²) in [5.41, 5.74) is 0.466. The lowest BCUT2D eigenvalue weighted by molar-refractivity contribution is -0.138. The lowest BCUT2D eigenvalue weighted by Crippen LogP contribution is -2.34. The molecule has 0 N–H and O–H groups in total. The summed E-state index contributed by atoms with van der Waals surface area (Å²) in [6.45, 7) is 6.79. The van der Waals surface area contributed by atoms with Crippen molar-refractivity contribution in [2.75, 3.05) is 33.4 Å².